The second-order valence-corrected chi connectivity index (χ2v) is 7.52. The molecule has 1 aromatic carbocycles. The predicted octanol–water partition coefficient (Wildman–Crippen LogP) is 1.14. The summed E-state index contributed by atoms with van der Waals surface area (Å²) in [4.78, 5) is 4.46. The molecule has 3 heterocycles. The number of piperidine rings is 1. The summed E-state index contributed by atoms with van der Waals surface area (Å²) < 4.78 is 0. The smallest absolute Gasteiger partial charge is 0.0690 e. The number of nitrogens with zero attached hydrogens (tertiary/aromatic N) is 1. The minimum atomic E-state index is 0.0535. The normalized spacial score (nSPS) is 26.7. The predicted molar refractivity (Wildman–Crippen MR) is 102 cm³/mol. The van der Waals surface area contributed by atoms with Crippen LogP contribution in [0, 0.1) is 0 Å². The van der Waals surface area contributed by atoms with E-state index < -0.39 is 0 Å². The first kappa shape index (κ1) is 16.0. The van der Waals surface area contributed by atoms with Gasteiger partial charge in [0.05, 0.1) is 5.38 Å². The van der Waals surface area contributed by atoms with Gasteiger partial charge in [-0.25, -0.2) is 0 Å². The lowest BCUT2D eigenvalue weighted by Crippen LogP contribution is -2.40. The van der Waals surface area contributed by atoms with E-state index in [9.17, 15) is 0 Å². The van der Waals surface area contributed by atoms with Gasteiger partial charge < -0.3 is 16.0 Å². The van der Waals surface area contributed by atoms with Gasteiger partial charge in [-0.1, -0.05) is 12.1 Å². The molecular formula is C19H25ClN4. The van der Waals surface area contributed by atoms with Crippen molar-refractivity contribution in [2.45, 2.75) is 36.6 Å². The van der Waals surface area contributed by atoms with E-state index in [1.807, 2.05) is 6.21 Å². The molecule has 24 heavy (non-hydrogen) atoms. The lowest BCUT2D eigenvalue weighted by atomic mass is 9.91. The van der Waals surface area contributed by atoms with Crippen molar-refractivity contribution in [1.29, 1.82) is 0 Å². The van der Waals surface area contributed by atoms with Gasteiger partial charge >= 0.3 is 0 Å². The van der Waals surface area contributed by atoms with Crippen LogP contribution in [0.1, 0.15) is 30.7 Å². The summed E-state index contributed by atoms with van der Waals surface area (Å²) in [6, 6.07) is 5.20. The molecule has 0 bridgehead atoms. The summed E-state index contributed by atoms with van der Waals surface area (Å²) in [5.74, 6) is 0.416. The zero-order chi connectivity index (χ0) is 16.4. The lowest BCUT2D eigenvalue weighted by molar-refractivity contribution is 0.479. The van der Waals surface area contributed by atoms with Crippen molar-refractivity contribution in [1.82, 2.24) is 10.6 Å². The van der Waals surface area contributed by atoms with Crippen molar-refractivity contribution in [3.05, 3.63) is 28.1 Å². The van der Waals surface area contributed by atoms with Crippen LogP contribution in [0.25, 0.3) is 12.3 Å². The lowest BCUT2D eigenvalue weighted by Gasteiger charge is -2.27. The van der Waals surface area contributed by atoms with Crippen LogP contribution in [0.4, 0.5) is 5.69 Å². The highest BCUT2D eigenvalue weighted by atomic mass is 35.5. The molecular weight excluding hydrogens is 320 g/mol. The summed E-state index contributed by atoms with van der Waals surface area (Å²) in [6.45, 7) is 3.93. The maximum Gasteiger partial charge on any atom is 0.0690 e. The molecule has 4 nitrogen and oxygen atoms in total. The third-order valence-corrected chi connectivity index (χ3v) is 5.48. The maximum atomic E-state index is 6.30. The third-order valence-electron chi connectivity index (χ3n) is 5.19. The standard InChI is InChI=1S/C19H25ClN4/c20-16-8-15(10-23-11-16)14-7-13-1-4-22-12-18(13)19(9-14)24-17-2-5-21-6-3-17/h1,7,9,11-12,15-17,21-22,24H,2-6,8,10H2. The molecule has 0 spiro atoms. The van der Waals surface area contributed by atoms with E-state index in [1.54, 1.807) is 0 Å². The minimum Gasteiger partial charge on any atom is -0.387 e. The van der Waals surface area contributed by atoms with Crippen LogP contribution >= 0.6 is 11.6 Å². The topological polar surface area (TPSA) is 48.5 Å². The molecule has 2 atom stereocenters. The molecule has 3 N–H and O–H groups in total. The van der Waals surface area contributed by atoms with E-state index >= 15 is 0 Å². The number of fused-ring (bicyclic) bond motifs is 1. The Hall–Kier alpha value is -1.52. The Balaban J connectivity index is 1.69. The molecule has 1 aromatic rings. The van der Waals surface area contributed by atoms with Crippen molar-refractivity contribution >= 4 is 35.8 Å². The SMILES string of the molecule is ClC1C=NCC(c2cc(NC3CCNCC3)c3c(c2)=CCNC=3)C1. The van der Waals surface area contributed by atoms with Crippen molar-refractivity contribution < 1.29 is 0 Å². The summed E-state index contributed by atoms with van der Waals surface area (Å²) in [7, 11) is 0. The van der Waals surface area contributed by atoms with Crippen LogP contribution in [0.15, 0.2) is 17.1 Å². The van der Waals surface area contributed by atoms with E-state index in [1.165, 1.54) is 34.5 Å². The second-order valence-electron chi connectivity index (χ2n) is 6.96. The molecule has 2 unspecified atom stereocenters. The molecule has 4 rings (SSSR count). The molecule has 0 aliphatic carbocycles. The van der Waals surface area contributed by atoms with E-state index in [-0.39, 0.29) is 5.38 Å². The second kappa shape index (κ2) is 7.16. The van der Waals surface area contributed by atoms with Gasteiger partial charge in [-0.2, -0.15) is 0 Å². The fourth-order valence-corrected chi connectivity index (χ4v) is 4.15. The zero-order valence-corrected chi connectivity index (χ0v) is 14.6. The molecule has 1 saturated heterocycles. The molecule has 3 aliphatic heterocycles. The highest BCUT2D eigenvalue weighted by molar-refractivity contribution is 6.28. The third kappa shape index (κ3) is 3.45. The van der Waals surface area contributed by atoms with Gasteiger partial charge in [-0.3, -0.25) is 4.99 Å². The Bertz CT molecular complexity index is 736. The van der Waals surface area contributed by atoms with Crippen LogP contribution in [0.3, 0.4) is 0 Å². The molecule has 5 heteroatoms. The molecule has 128 valence electrons. The summed E-state index contributed by atoms with van der Waals surface area (Å²) in [5.41, 5.74) is 2.61. The fourth-order valence-electron chi connectivity index (χ4n) is 3.85. The van der Waals surface area contributed by atoms with Gasteiger partial charge in [-0.05, 0) is 49.2 Å². The van der Waals surface area contributed by atoms with Crippen molar-refractivity contribution in [2.75, 3.05) is 31.5 Å². The average Bonchev–Trinajstić information content (AvgIpc) is 2.62. The van der Waals surface area contributed by atoms with Crippen molar-refractivity contribution in [2.24, 2.45) is 4.99 Å². The monoisotopic (exact) mass is 344 g/mol. The first-order valence-electron chi connectivity index (χ1n) is 8.98. The summed E-state index contributed by atoms with van der Waals surface area (Å²) in [6.07, 6.45) is 9.62. The van der Waals surface area contributed by atoms with E-state index in [0.717, 1.165) is 32.6 Å². The number of anilines is 1. The molecule has 3 aliphatic rings. The van der Waals surface area contributed by atoms with E-state index in [0.29, 0.717) is 12.0 Å². The molecule has 1 fully saturated rings. The Kier molecular flexibility index (Phi) is 4.76. The largest absolute Gasteiger partial charge is 0.387 e. The van der Waals surface area contributed by atoms with Gasteiger partial charge in [0.25, 0.3) is 0 Å². The highest BCUT2D eigenvalue weighted by Gasteiger charge is 2.21. The number of hydrogen-bond acceptors (Lipinski definition) is 4. The van der Waals surface area contributed by atoms with Crippen LogP contribution in [-0.2, 0) is 0 Å². The number of hydrogen-bond donors (Lipinski definition) is 3. The van der Waals surface area contributed by atoms with Gasteiger partial charge in [0.1, 0.15) is 0 Å². The number of aliphatic imine (C=N–C) groups is 1. The first-order valence-corrected chi connectivity index (χ1v) is 9.42. The number of benzene rings is 1. The van der Waals surface area contributed by atoms with Crippen LogP contribution < -0.4 is 26.4 Å². The molecule has 0 amide bonds. The molecule has 0 saturated carbocycles. The number of rotatable bonds is 3. The minimum absolute atomic E-state index is 0.0535. The highest BCUT2D eigenvalue weighted by Crippen LogP contribution is 2.26. The molecule has 0 aromatic heterocycles. The first-order chi connectivity index (χ1) is 11.8. The maximum absolute atomic E-state index is 6.30. The van der Waals surface area contributed by atoms with Crippen LogP contribution in [0.5, 0.6) is 0 Å². The number of halogens is 1. The molecule has 0 radical (unpaired) electrons. The Labute approximate surface area is 148 Å². The summed E-state index contributed by atoms with van der Waals surface area (Å²) >= 11 is 6.30. The Morgan fingerprint density at radius 3 is 2.92 bits per heavy atom. The summed E-state index contributed by atoms with van der Waals surface area (Å²) in [5, 5.41) is 13.2. The Morgan fingerprint density at radius 1 is 1.21 bits per heavy atom. The Morgan fingerprint density at radius 2 is 2.08 bits per heavy atom. The number of alkyl halides is 1. The van der Waals surface area contributed by atoms with Crippen LogP contribution in [0.2, 0.25) is 0 Å². The number of nitrogens with one attached hydrogen (secondary N) is 3. The van der Waals surface area contributed by atoms with Crippen molar-refractivity contribution in [3.63, 3.8) is 0 Å². The average molecular weight is 345 g/mol. The van der Waals surface area contributed by atoms with E-state index in [2.05, 4.69) is 45.4 Å². The van der Waals surface area contributed by atoms with Crippen molar-refractivity contribution in [3.8, 4) is 0 Å². The van der Waals surface area contributed by atoms with E-state index in [4.69, 9.17) is 11.6 Å². The van der Waals surface area contributed by atoms with Gasteiger partial charge in [0.2, 0.25) is 0 Å². The zero-order valence-electron chi connectivity index (χ0n) is 13.9. The fraction of sp³-hybridized carbons (Fsp3) is 0.526. The van der Waals surface area contributed by atoms with Gasteiger partial charge in [0.15, 0.2) is 0 Å². The van der Waals surface area contributed by atoms with Gasteiger partial charge in [-0.15, -0.1) is 11.6 Å². The van der Waals surface area contributed by atoms with Crippen LogP contribution in [-0.4, -0.2) is 43.8 Å². The quantitative estimate of drug-likeness (QED) is 0.721. The van der Waals surface area contributed by atoms with Gasteiger partial charge in [0, 0.05) is 48.4 Å².